The van der Waals surface area contributed by atoms with Crippen molar-refractivity contribution >= 4 is 11.8 Å². The molecule has 2 aliphatic rings. The van der Waals surface area contributed by atoms with Crippen LogP contribution in [0, 0.1) is 0 Å². The second-order valence-electron chi connectivity index (χ2n) is 5.87. The molecule has 1 aliphatic carbocycles. The zero-order valence-electron chi connectivity index (χ0n) is 12.2. The molecule has 2 amide bonds. The SMILES string of the molecule is O=C(CC(=O)NC1CCCCCC1)NCC1CCCO1. The number of carbonyl (C=O) groups is 2. The van der Waals surface area contributed by atoms with Crippen LogP contribution < -0.4 is 10.6 Å². The van der Waals surface area contributed by atoms with Crippen LogP contribution in [0.25, 0.3) is 0 Å². The Bertz CT molecular complexity index is 319. The van der Waals surface area contributed by atoms with Crippen LogP contribution in [0.5, 0.6) is 0 Å². The van der Waals surface area contributed by atoms with Gasteiger partial charge in [-0.3, -0.25) is 9.59 Å². The van der Waals surface area contributed by atoms with Gasteiger partial charge in [0.25, 0.3) is 0 Å². The van der Waals surface area contributed by atoms with E-state index in [0.717, 1.165) is 32.3 Å². The van der Waals surface area contributed by atoms with Gasteiger partial charge in [-0.15, -0.1) is 0 Å². The molecular formula is C15H26N2O3. The van der Waals surface area contributed by atoms with E-state index in [9.17, 15) is 9.59 Å². The van der Waals surface area contributed by atoms with Gasteiger partial charge < -0.3 is 15.4 Å². The van der Waals surface area contributed by atoms with Gasteiger partial charge in [-0.25, -0.2) is 0 Å². The Morgan fingerprint density at radius 1 is 0.950 bits per heavy atom. The largest absolute Gasteiger partial charge is 0.376 e. The predicted molar refractivity (Wildman–Crippen MR) is 76.2 cm³/mol. The molecule has 5 heteroatoms. The highest BCUT2D eigenvalue weighted by Crippen LogP contribution is 2.17. The molecule has 2 rings (SSSR count). The zero-order chi connectivity index (χ0) is 14.2. The lowest BCUT2D eigenvalue weighted by molar-refractivity contribution is -0.130. The quantitative estimate of drug-likeness (QED) is 0.593. The minimum absolute atomic E-state index is 0.0663. The molecule has 20 heavy (non-hydrogen) atoms. The van der Waals surface area contributed by atoms with Crippen molar-refractivity contribution in [1.82, 2.24) is 10.6 Å². The number of nitrogens with one attached hydrogen (secondary N) is 2. The van der Waals surface area contributed by atoms with E-state index in [4.69, 9.17) is 4.74 Å². The molecule has 1 heterocycles. The summed E-state index contributed by atoms with van der Waals surface area (Å²) >= 11 is 0. The van der Waals surface area contributed by atoms with Crippen LogP contribution in [0.15, 0.2) is 0 Å². The molecule has 0 spiro atoms. The summed E-state index contributed by atoms with van der Waals surface area (Å²) in [6, 6.07) is 0.260. The molecular weight excluding hydrogens is 256 g/mol. The predicted octanol–water partition coefficient (Wildman–Crippen LogP) is 1.51. The van der Waals surface area contributed by atoms with Gasteiger partial charge in [-0.1, -0.05) is 25.7 Å². The topological polar surface area (TPSA) is 67.4 Å². The first-order chi connectivity index (χ1) is 9.74. The molecule has 1 aliphatic heterocycles. The molecule has 0 aromatic carbocycles. The number of hydrogen-bond donors (Lipinski definition) is 2. The van der Waals surface area contributed by atoms with E-state index in [1.165, 1.54) is 25.7 Å². The number of carbonyl (C=O) groups excluding carboxylic acids is 2. The Morgan fingerprint density at radius 3 is 2.35 bits per heavy atom. The van der Waals surface area contributed by atoms with Crippen LogP contribution in [-0.4, -0.2) is 37.1 Å². The van der Waals surface area contributed by atoms with Gasteiger partial charge in [0.05, 0.1) is 6.10 Å². The molecule has 1 saturated heterocycles. The van der Waals surface area contributed by atoms with Crippen molar-refractivity contribution in [2.45, 2.75) is 69.9 Å². The molecule has 0 radical (unpaired) electrons. The highest BCUT2D eigenvalue weighted by Gasteiger charge is 2.19. The summed E-state index contributed by atoms with van der Waals surface area (Å²) in [5.74, 6) is -0.353. The van der Waals surface area contributed by atoms with Crippen LogP contribution in [-0.2, 0) is 14.3 Å². The Labute approximate surface area is 120 Å². The van der Waals surface area contributed by atoms with Crippen molar-refractivity contribution < 1.29 is 14.3 Å². The van der Waals surface area contributed by atoms with Gasteiger partial charge in [0, 0.05) is 19.2 Å². The van der Waals surface area contributed by atoms with Crippen LogP contribution in [0.1, 0.15) is 57.8 Å². The summed E-state index contributed by atoms with van der Waals surface area (Å²) in [6.07, 6.45) is 9.07. The molecule has 5 nitrogen and oxygen atoms in total. The summed E-state index contributed by atoms with van der Waals surface area (Å²) in [5, 5.41) is 5.77. The van der Waals surface area contributed by atoms with E-state index >= 15 is 0 Å². The third-order valence-corrected chi connectivity index (χ3v) is 4.09. The lowest BCUT2D eigenvalue weighted by Crippen LogP contribution is -2.39. The van der Waals surface area contributed by atoms with E-state index in [1.54, 1.807) is 0 Å². The van der Waals surface area contributed by atoms with Crippen molar-refractivity contribution in [3.63, 3.8) is 0 Å². The number of ether oxygens (including phenoxy) is 1. The molecule has 1 atom stereocenters. The monoisotopic (exact) mass is 282 g/mol. The molecule has 1 unspecified atom stereocenters. The van der Waals surface area contributed by atoms with Crippen molar-refractivity contribution in [3.8, 4) is 0 Å². The van der Waals surface area contributed by atoms with Gasteiger partial charge in [-0.05, 0) is 25.7 Å². The minimum Gasteiger partial charge on any atom is -0.376 e. The van der Waals surface area contributed by atoms with E-state index in [0.29, 0.717) is 6.54 Å². The summed E-state index contributed by atoms with van der Waals surface area (Å²) in [4.78, 5) is 23.5. The average molecular weight is 282 g/mol. The molecule has 0 aromatic rings. The summed E-state index contributed by atoms with van der Waals surface area (Å²) < 4.78 is 5.43. The highest BCUT2D eigenvalue weighted by atomic mass is 16.5. The highest BCUT2D eigenvalue weighted by molar-refractivity contribution is 5.96. The fourth-order valence-electron chi connectivity index (χ4n) is 2.94. The van der Waals surface area contributed by atoms with Gasteiger partial charge >= 0.3 is 0 Å². The van der Waals surface area contributed by atoms with Gasteiger partial charge in [0.15, 0.2) is 0 Å². The molecule has 0 aromatic heterocycles. The van der Waals surface area contributed by atoms with E-state index in [2.05, 4.69) is 10.6 Å². The lowest BCUT2D eigenvalue weighted by Gasteiger charge is -2.16. The Balaban J connectivity index is 1.61. The third-order valence-electron chi connectivity index (χ3n) is 4.09. The molecule has 1 saturated carbocycles. The normalized spacial score (nSPS) is 24.1. The maximum atomic E-state index is 11.8. The van der Waals surface area contributed by atoms with Crippen molar-refractivity contribution in [3.05, 3.63) is 0 Å². The number of rotatable bonds is 5. The second-order valence-corrected chi connectivity index (χ2v) is 5.87. The maximum absolute atomic E-state index is 11.8. The first-order valence-electron chi connectivity index (χ1n) is 7.91. The van der Waals surface area contributed by atoms with E-state index in [1.807, 2.05) is 0 Å². The first-order valence-corrected chi connectivity index (χ1v) is 7.91. The number of hydrogen-bond acceptors (Lipinski definition) is 3. The van der Waals surface area contributed by atoms with Crippen molar-refractivity contribution in [1.29, 1.82) is 0 Å². The van der Waals surface area contributed by atoms with Crippen LogP contribution >= 0.6 is 0 Å². The molecule has 2 fully saturated rings. The van der Waals surface area contributed by atoms with Crippen LogP contribution in [0.4, 0.5) is 0 Å². The summed E-state index contributed by atoms with van der Waals surface area (Å²) in [5.41, 5.74) is 0. The Morgan fingerprint density at radius 2 is 1.70 bits per heavy atom. The summed E-state index contributed by atoms with van der Waals surface area (Å²) in [6.45, 7) is 1.30. The Kier molecular flexibility index (Phi) is 6.30. The molecule has 114 valence electrons. The average Bonchev–Trinajstić information content (AvgIpc) is 2.81. The van der Waals surface area contributed by atoms with Gasteiger partial charge in [0.2, 0.25) is 11.8 Å². The fourth-order valence-corrected chi connectivity index (χ4v) is 2.94. The smallest absolute Gasteiger partial charge is 0.229 e. The van der Waals surface area contributed by atoms with Gasteiger partial charge in [-0.2, -0.15) is 0 Å². The fraction of sp³-hybridized carbons (Fsp3) is 0.867. The molecule has 0 bridgehead atoms. The molecule has 2 N–H and O–H groups in total. The summed E-state index contributed by atoms with van der Waals surface area (Å²) in [7, 11) is 0. The minimum atomic E-state index is -0.202. The van der Waals surface area contributed by atoms with Crippen LogP contribution in [0.2, 0.25) is 0 Å². The standard InChI is InChI=1S/C15H26N2O3/c18-14(16-11-13-8-5-9-20-13)10-15(19)17-12-6-3-1-2-4-7-12/h12-13H,1-11H2,(H,16,18)(H,17,19). The van der Waals surface area contributed by atoms with E-state index < -0.39 is 0 Å². The third kappa shape index (κ3) is 5.49. The maximum Gasteiger partial charge on any atom is 0.229 e. The van der Waals surface area contributed by atoms with Gasteiger partial charge in [0.1, 0.15) is 6.42 Å². The van der Waals surface area contributed by atoms with Crippen LogP contribution in [0.3, 0.4) is 0 Å². The van der Waals surface area contributed by atoms with E-state index in [-0.39, 0.29) is 30.4 Å². The van der Waals surface area contributed by atoms with Crippen molar-refractivity contribution in [2.24, 2.45) is 0 Å². The zero-order valence-corrected chi connectivity index (χ0v) is 12.2. The Hall–Kier alpha value is -1.10. The second kappa shape index (κ2) is 8.25. The number of amides is 2. The first kappa shape index (κ1) is 15.3. The lowest BCUT2D eigenvalue weighted by atomic mass is 10.1. The van der Waals surface area contributed by atoms with Crippen molar-refractivity contribution in [2.75, 3.05) is 13.2 Å².